The van der Waals surface area contributed by atoms with E-state index in [2.05, 4.69) is 15.5 Å². The van der Waals surface area contributed by atoms with Crippen LogP contribution in [0.3, 0.4) is 0 Å². The van der Waals surface area contributed by atoms with Crippen LogP contribution in [0, 0.1) is 0 Å². The highest BCUT2D eigenvalue weighted by Gasteiger charge is 2.14. The number of hydrazone groups is 1. The Morgan fingerprint density at radius 1 is 1.11 bits per heavy atom. The molecule has 1 heterocycles. The molecule has 10 nitrogen and oxygen atoms in total. The molecule has 0 aliphatic heterocycles. The third-order valence-electron chi connectivity index (χ3n) is 5.28. The van der Waals surface area contributed by atoms with Crippen LogP contribution in [-0.2, 0) is 21.4 Å². The molecule has 0 saturated carbocycles. The number of rotatable bonds is 9. The highest BCUT2D eigenvalue weighted by Crippen LogP contribution is 2.20. The largest absolute Gasteiger partial charge is 0.496 e. The van der Waals surface area contributed by atoms with Gasteiger partial charge in [-0.3, -0.25) is 14.2 Å². The number of primary sulfonamides is 1. The van der Waals surface area contributed by atoms with Crippen molar-refractivity contribution in [3.8, 4) is 5.75 Å². The van der Waals surface area contributed by atoms with E-state index in [-0.39, 0.29) is 28.7 Å². The quantitative estimate of drug-likeness (QED) is 0.144. The summed E-state index contributed by atoms with van der Waals surface area (Å²) in [5, 5.41) is 9.92. The van der Waals surface area contributed by atoms with E-state index < -0.39 is 10.0 Å². The summed E-state index contributed by atoms with van der Waals surface area (Å²) >= 11 is 1.09. The molecule has 4 rings (SSSR count). The van der Waals surface area contributed by atoms with E-state index in [1.165, 1.54) is 22.9 Å². The number of carbonyl (C=O) groups is 1. The highest BCUT2D eigenvalue weighted by molar-refractivity contribution is 7.99. The maximum Gasteiger partial charge on any atom is 0.262 e. The Kier molecular flexibility index (Phi) is 8.01. The number of nitrogens with zero attached hydrogens (tertiary/aromatic N) is 3. The molecule has 0 radical (unpaired) electrons. The molecule has 0 aliphatic rings. The van der Waals surface area contributed by atoms with Crippen molar-refractivity contribution in [2.24, 2.45) is 10.2 Å². The second-order valence-corrected chi connectivity index (χ2v) is 10.3. The molecule has 1 aromatic heterocycles. The van der Waals surface area contributed by atoms with Crippen molar-refractivity contribution in [1.29, 1.82) is 0 Å². The van der Waals surface area contributed by atoms with Crippen molar-refractivity contribution < 1.29 is 17.9 Å². The first kappa shape index (κ1) is 26.1. The Labute approximate surface area is 217 Å². The number of benzene rings is 3. The van der Waals surface area contributed by atoms with Crippen LogP contribution in [0.5, 0.6) is 5.75 Å². The van der Waals surface area contributed by atoms with E-state index in [1.54, 1.807) is 55.6 Å². The van der Waals surface area contributed by atoms with Crippen LogP contribution in [0.4, 0.5) is 0 Å². The van der Waals surface area contributed by atoms with Gasteiger partial charge in [0.05, 0.1) is 41.4 Å². The molecular formula is C25H23N5O5S2. The summed E-state index contributed by atoms with van der Waals surface area (Å²) in [6.07, 6.45) is 1.48. The number of carbonyl (C=O) groups excluding carboxylic acids is 1. The lowest BCUT2D eigenvalue weighted by molar-refractivity contribution is -0.118. The van der Waals surface area contributed by atoms with Gasteiger partial charge in [0.15, 0.2) is 5.16 Å². The molecule has 0 aliphatic carbocycles. The number of hydrogen-bond acceptors (Lipinski definition) is 8. The monoisotopic (exact) mass is 537 g/mol. The molecule has 3 aromatic carbocycles. The lowest BCUT2D eigenvalue weighted by Crippen LogP contribution is -2.25. The van der Waals surface area contributed by atoms with E-state index in [0.717, 1.165) is 11.8 Å². The molecule has 190 valence electrons. The standard InChI is InChI=1S/C25H23N5O5S2/c1-35-22-9-5-2-6-18(22)14-27-29-23(31)16-36-25-28-21-8-4-3-7-20(21)24(32)30(25)15-17-10-12-19(13-11-17)37(26,33)34/h2-14H,15-16H2,1H3,(H,29,31)(H2,26,33,34)/b27-14+. The minimum absolute atomic E-state index is 0.0276. The molecule has 0 fully saturated rings. The van der Waals surface area contributed by atoms with Gasteiger partial charge in [0.2, 0.25) is 10.0 Å². The minimum atomic E-state index is -3.83. The van der Waals surface area contributed by atoms with Crippen LogP contribution >= 0.6 is 11.8 Å². The second-order valence-electron chi connectivity index (χ2n) is 7.82. The topological polar surface area (TPSA) is 146 Å². The van der Waals surface area contributed by atoms with E-state index in [9.17, 15) is 18.0 Å². The predicted octanol–water partition coefficient (Wildman–Crippen LogP) is 2.34. The van der Waals surface area contributed by atoms with E-state index >= 15 is 0 Å². The van der Waals surface area contributed by atoms with Crippen LogP contribution in [-0.4, -0.2) is 43.0 Å². The molecule has 0 spiro atoms. The summed E-state index contributed by atoms with van der Waals surface area (Å²) in [6.45, 7) is 0.122. The minimum Gasteiger partial charge on any atom is -0.496 e. The number of hydrogen-bond donors (Lipinski definition) is 2. The highest BCUT2D eigenvalue weighted by atomic mass is 32.2. The zero-order valence-corrected chi connectivity index (χ0v) is 21.3. The van der Waals surface area contributed by atoms with Gasteiger partial charge in [0, 0.05) is 5.56 Å². The zero-order valence-electron chi connectivity index (χ0n) is 19.7. The smallest absolute Gasteiger partial charge is 0.262 e. The van der Waals surface area contributed by atoms with E-state index in [1.807, 2.05) is 12.1 Å². The van der Waals surface area contributed by atoms with E-state index in [4.69, 9.17) is 9.88 Å². The first-order valence-electron chi connectivity index (χ1n) is 11.0. The Hall–Kier alpha value is -4.00. The predicted molar refractivity (Wildman–Crippen MR) is 142 cm³/mol. The molecule has 0 saturated heterocycles. The lowest BCUT2D eigenvalue weighted by atomic mass is 10.2. The fourth-order valence-corrected chi connectivity index (χ4v) is 4.78. The van der Waals surface area contributed by atoms with Gasteiger partial charge in [-0.15, -0.1) is 0 Å². The fourth-order valence-electron chi connectivity index (χ4n) is 3.47. The van der Waals surface area contributed by atoms with Gasteiger partial charge in [0.25, 0.3) is 11.5 Å². The molecule has 0 unspecified atom stereocenters. The molecule has 4 aromatic rings. The molecular weight excluding hydrogens is 514 g/mol. The maximum atomic E-state index is 13.3. The van der Waals surface area contributed by atoms with Crippen LogP contribution in [0.25, 0.3) is 10.9 Å². The molecule has 0 atom stereocenters. The van der Waals surface area contributed by atoms with Crippen molar-refractivity contribution in [3.05, 3.63) is 94.3 Å². The number of methoxy groups -OCH3 is 1. The molecule has 0 bridgehead atoms. The molecule has 12 heteroatoms. The molecule has 1 amide bonds. The summed E-state index contributed by atoms with van der Waals surface area (Å²) in [5.41, 5.74) is 4.06. The summed E-state index contributed by atoms with van der Waals surface area (Å²) in [5.74, 6) is 0.192. The van der Waals surface area contributed by atoms with Crippen molar-refractivity contribution in [1.82, 2.24) is 15.0 Å². The average molecular weight is 538 g/mol. The van der Waals surface area contributed by atoms with Gasteiger partial charge in [0.1, 0.15) is 5.75 Å². The number of amides is 1. The SMILES string of the molecule is COc1ccccc1/C=N/NC(=O)CSc1nc2ccccc2c(=O)n1Cc1ccc(S(N)(=O)=O)cc1. The Balaban J connectivity index is 1.54. The first-order chi connectivity index (χ1) is 17.8. The average Bonchev–Trinajstić information content (AvgIpc) is 2.89. The van der Waals surface area contributed by atoms with Gasteiger partial charge in [-0.25, -0.2) is 24.0 Å². The summed E-state index contributed by atoms with van der Waals surface area (Å²) in [4.78, 5) is 30.3. The summed E-state index contributed by atoms with van der Waals surface area (Å²) in [6, 6.07) is 20.1. The third kappa shape index (κ3) is 6.42. The third-order valence-corrected chi connectivity index (χ3v) is 7.19. The number of fused-ring (bicyclic) bond motifs is 1. The van der Waals surface area contributed by atoms with Crippen molar-refractivity contribution in [2.45, 2.75) is 16.6 Å². The van der Waals surface area contributed by atoms with Gasteiger partial charge in [-0.05, 0) is 42.0 Å². The number of nitrogens with two attached hydrogens (primary N) is 1. The Bertz CT molecular complexity index is 1630. The number of ether oxygens (including phenoxy) is 1. The normalized spacial score (nSPS) is 11.6. The number of nitrogens with one attached hydrogen (secondary N) is 1. The van der Waals surface area contributed by atoms with E-state index in [0.29, 0.717) is 32.9 Å². The van der Waals surface area contributed by atoms with Crippen molar-refractivity contribution in [3.63, 3.8) is 0 Å². The van der Waals surface area contributed by atoms with Gasteiger partial charge in [-0.1, -0.05) is 48.2 Å². The first-order valence-corrected chi connectivity index (χ1v) is 13.5. The van der Waals surface area contributed by atoms with Crippen molar-refractivity contribution >= 4 is 44.8 Å². The Morgan fingerprint density at radius 2 is 1.81 bits per heavy atom. The van der Waals surface area contributed by atoms with Crippen LogP contribution < -0.4 is 20.9 Å². The Morgan fingerprint density at radius 3 is 2.54 bits per heavy atom. The number of thioether (sulfide) groups is 1. The number of para-hydroxylation sites is 2. The van der Waals surface area contributed by atoms with Gasteiger partial charge < -0.3 is 4.74 Å². The summed E-state index contributed by atoms with van der Waals surface area (Å²) in [7, 11) is -2.29. The van der Waals surface area contributed by atoms with Crippen LogP contribution in [0.15, 0.2) is 92.7 Å². The van der Waals surface area contributed by atoms with Crippen molar-refractivity contribution in [2.75, 3.05) is 12.9 Å². The molecule has 3 N–H and O–H groups in total. The molecule has 37 heavy (non-hydrogen) atoms. The second kappa shape index (κ2) is 11.4. The zero-order chi connectivity index (χ0) is 26.4. The fraction of sp³-hybridized carbons (Fsp3) is 0.120. The van der Waals surface area contributed by atoms with Crippen LogP contribution in [0.2, 0.25) is 0 Å². The summed E-state index contributed by atoms with van der Waals surface area (Å²) < 4.78 is 29.8. The lowest BCUT2D eigenvalue weighted by Gasteiger charge is -2.13. The maximum absolute atomic E-state index is 13.3. The van der Waals surface area contributed by atoms with Gasteiger partial charge >= 0.3 is 0 Å². The number of aromatic nitrogens is 2. The van der Waals surface area contributed by atoms with Gasteiger partial charge in [-0.2, -0.15) is 5.10 Å². The number of sulfonamides is 1. The van der Waals surface area contributed by atoms with Crippen LogP contribution in [0.1, 0.15) is 11.1 Å².